The molecule has 0 radical (unpaired) electrons. The van der Waals surface area contributed by atoms with E-state index in [1.807, 2.05) is 6.08 Å². The minimum atomic E-state index is -3.08. The zero-order chi connectivity index (χ0) is 21.7. The summed E-state index contributed by atoms with van der Waals surface area (Å²) in [7, 11) is 0. The fraction of sp³-hybridized carbons (Fsp3) is 0.545. The Morgan fingerprint density at radius 3 is 2.70 bits per heavy atom. The molecule has 160 valence electrons. The first-order valence-electron chi connectivity index (χ1n) is 10.2. The highest BCUT2D eigenvalue weighted by Gasteiger charge is 2.47. The molecule has 1 saturated carbocycles. The number of hydrogen-bond acceptors (Lipinski definition) is 4. The lowest BCUT2D eigenvalue weighted by Crippen LogP contribution is -2.36. The third-order valence-electron chi connectivity index (χ3n) is 5.71. The van der Waals surface area contributed by atoms with Crippen molar-refractivity contribution < 1.29 is 22.8 Å². The lowest BCUT2D eigenvalue weighted by atomic mass is 9.87. The molecule has 0 spiro atoms. The molecule has 0 bridgehead atoms. The minimum absolute atomic E-state index is 0.142. The Balaban J connectivity index is 1.61. The minimum Gasteiger partial charge on any atom is -0.320 e. The van der Waals surface area contributed by atoms with Gasteiger partial charge in [-0.15, -0.1) is 0 Å². The third-order valence-corrected chi connectivity index (χ3v) is 5.71. The Morgan fingerprint density at radius 2 is 2.00 bits per heavy atom. The van der Waals surface area contributed by atoms with Gasteiger partial charge in [-0.1, -0.05) is 12.2 Å². The molecule has 2 fully saturated rings. The van der Waals surface area contributed by atoms with Crippen molar-refractivity contribution in [2.45, 2.75) is 63.1 Å². The summed E-state index contributed by atoms with van der Waals surface area (Å²) < 4.78 is 40.3. The molecule has 1 aromatic heterocycles. The van der Waals surface area contributed by atoms with E-state index in [2.05, 4.69) is 4.98 Å². The fourth-order valence-electron chi connectivity index (χ4n) is 4.00. The van der Waals surface area contributed by atoms with E-state index >= 15 is 0 Å². The van der Waals surface area contributed by atoms with E-state index in [1.165, 1.54) is 6.20 Å². The summed E-state index contributed by atoms with van der Waals surface area (Å²) in [5.74, 6) is -3.75. The van der Waals surface area contributed by atoms with Crippen molar-refractivity contribution in [3.05, 3.63) is 35.7 Å². The normalized spacial score (nSPS) is 25.9. The standard InChI is InChI=1S/C22H24F3N3O2/c23-17-5-2-15(3-6-17)1-4-16-13-27-10-9-19(16)20(29)7-8-21(30)28-14-22(24,25)11-18(28)12-26/h1,4,9-10,13,15,17-18H,2-3,5-8,11,14H2/b4-1+/t15?,17?,18-/m0/s1. The van der Waals surface area contributed by atoms with Gasteiger partial charge >= 0.3 is 0 Å². The fourth-order valence-corrected chi connectivity index (χ4v) is 4.00. The van der Waals surface area contributed by atoms with Crippen LogP contribution in [0.3, 0.4) is 0 Å². The number of aromatic nitrogens is 1. The SMILES string of the molecule is N#C[C@@H]1CC(F)(F)CN1C(=O)CCC(=O)c1ccncc1/C=C/C1CCC(F)CC1. The van der Waals surface area contributed by atoms with Gasteiger partial charge in [0.25, 0.3) is 5.92 Å². The molecule has 2 aliphatic rings. The molecule has 1 amide bonds. The number of carbonyl (C=O) groups excluding carboxylic acids is 2. The summed E-state index contributed by atoms with van der Waals surface area (Å²) in [5, 5.41) is 9.01. The second-order valence-corrected chi connectivity index (χ2v) is 7.98. The van der Waals surface area contributed by atoms with Crippen molar-refractivity contribution in [3.63, 3.8) is 0 Å². The first-order chi connectivity index (χ1) is 14.3. The Kier molecular flexibility index (Phi) is 6.91. The van der Waals surface area contributed by atoms with Crippen molar-refractivity contribution >= 4 is 17.8 Å². The highest BCUT2D eigenvalue weighted by molar-refractivity contribution is 6.00. The van der Waals surface area contributed by atoms with Crippen LogP contribution < -0.4 is 0 Å². The van der Waals surface area contributed by atoms with Crippen LogP contribution in [0.4, 0.5) is 13.2 Å². The van der Waals surface area contributed by atoms with E-state index in [1.54, 1.807) is 24.4 Å². The second kappa shape index (κ2) is 9.41. The molecule has 1 aliphatic carbocycles. The van der Waals surface area contributed by atoms with Crippen LogP contribution in [0.15, 0.2) is 24.5 Å². The van der Waals surface area contributed by atoms with E-state index in [4.69, 9.17) is 5.26 Å². The van der Waals surface area contributed by atoms with Crippen LogP contribution in [-0.2, 0) is 4.79 Å². The number of alkyl halides is 3. The third kappa shape index (κ3) is 5.47. The summed E-state index contributed by atoms with van der Waals surface area (Å²) in [6.45, 7) is -0.789. The van der Waals surface area contributed by atoms with Crippen molar-refractivity contribution in [2.75, 3.05) is 6.54 Å². The molecule has 0 unspecified atom stereocenters. The maximum atomic E-state index is 13.5. The average Bonchev–Trinajstić information content (AvgIpc) is 3.06. The average molecular weight is 419 g/mol. The highest BCUT2D eigenvalue weighted by Crippen LogP contribution is 2.32. The summed E-state index contributed by atoms with van der Waals surface area (Å²) in [6, 6.07) is 2.13. The van der Waals surface area contributed by atoms with Crippen LogP contribution in [0.5, 0.6) is 0 Å². The van der Waals surface area contributed by atoms with E-state index in [0.717, 1.165) is 17.7 Å². The molecule has 3 rings (SSSR count). The van der Waals surface area contributed by atoms with Crippen LogP contribution in [0.1, 0.15) is 60.9 Å². The highest BCUT2D eigenvalue weighted by atomic mass is 19.3. The van der Waals surface area contributed by atoms with Gasteiger partial charge in [-0.3, -0.25) is 14.6 Å². The first kappa shape index (κ1) is 22.0. The Labute approximate surface area is 173 Å². The Bertz CT molecular complexity index is 857. The van der Waals surface area contributed by atoms with E-state index in [-0.39, 0.29) is 24.5 Å². The van der Waals surface area contributed by atoms with E-state index in [0.29, 0.717) is 24.0 Å². The van der Waals surface area contributed by atoms with Gasteiger partial charge in [-0.25, -0.2) is 13.2 Å². The molecule has 1 aromatic rings. The van der Waals surface area contributed by atoms with Gasteiger partial charge < -0.3 is 4.90 Å². The van der Waals surface area contributed by atoms with Crippen LogP contribution >= 0.6 is 0 Å². The van der Waals surface area contributed by atoms with Gasteiger partial charge in [-0.05, 0) is 37.7 Å². The van der Waals surface area contributed by atoms with Gasteiger partial charge in [0.1, 0.15) is 12.2 Å². The number of amides is 1. The molecule has 0 aromatic carbocycles. The summed E-state index contributed by atoms with van der Waals surface area (Å²) in [4.78, 5) is 29.9. The number of pyridine rings is 1. The smallest absolute Gasteiger partial charge is 0.268 e. The quantitative estimate of drug-likeness (QED) is 0.643. The molecular weight excluding hydrogens is 395 g/mol. The molecule has 1 aliphatic heterocycles. The molecule has 2 heterocycles. The zero-order valence-electron chi connectivity index (χ0n) is 16.6. The topological polar surface area (TPSA) is 74.1 Å². The van der Waals surface area contributed by atoms with Gasteiger partial charge in [0.05, 0.1) is 12.6 Å². The number of likely N-dealkylation sites (tertiary alicyclic amines) is 1. The van der Waals surface area contributed by atoms with Gasteiger partial charge in [-0.2, -0.15) is 5.26 Å². The molecule has 5 nitrogen and oxygen atoms in total. The number of nitriles is 1. The number of ketones is 1. The summed E-state index contributed by atoms with van der Waals surface area (Å²) >= 11 is 0. The maximum absolute atomic E-state index is 13.5. The number of hydrogen-bond donors (Lipinski definition) is 0. The molecule has 1 saturated heterocycles. The van der Waals surface area contributed by atoms with Gasteiger partial charge in [0.2, 0.25) is 5.91 Å². The molecule has 30 heavy (non-hydrogen) atoms. The first-order valence-corrected chi connectivity index (χ1v) is 10.2. The Morgan fingerprint density at radius 1 is 1.27 bits per heavy atom. The predicted molar refractivity (Wildman–Crippen MR) is 104 cm³/mol. The van der Waals surface area contributed by atoms with Crippen LogP contribution in [0, 0.1) is 17.2 Å². The monoisotopic (exact) mass is 419 g/mol. The molecule has 1 atom stereocenters. The van der Waals surface area contributed by atoms with Gasteiger partial charge in [0, 0.05) is 42.8 Å². The van der Waals surface area contributed by atoms with E-state index < -0.39 is 37.0 Å². The van der Waals surface area contributed by atoms with Crippen LogP contribution in [0.2, 0.25) is 0 Å². The largest absolute Gasteiger partial charge is 0.320 e. The molecule has 8 heteroatoms. The number of Topliss-reactive ketones (excluding diaryl/α,β-unsaturated/α-hetero) is 1. The summed E-state index contributed by atoms with van der Waals surface area (Å²) in [5.41, 5.74) is 1.01. The lowest BCUT2D eigenvalue weighted by molar-refractivity contribution is -0.132. The van der Waals surface area contributed by atoms with Crippen molar-refractivity contribution in [1.82, 2.24) is 9.88 Å². The number of nitrogens with zero attached hydrogens (tertiary/aromatic N) is 3. The number of carbonyl (C=O) groups is 2. The zero-order valence-corrected chi connectivity index (χ0v) is 16.6. The molecule has 0 N–H and O–H groups in total. The van der Waals surface area contributed by atoms with Crippen LogP contribution in [-0.4, -0.2) is 46.3 Å². The Hall–Kier alpha value is -2.69. The predicted octanol–water partition coefficient (Wildman–Crippen LogP) is 4.35. The van der Waals surface area contributed by atoms with Gasteiger partial charge in [0.15, 0.2) is 5.78 Å². The van der Waals surface area contributed by atoms with Crippen molar-refractivity contribution in [3.8, 4) is 6.07 Å². The van der Waals surface area contributed by atoms with Crippen molar-refractivity contribution in [1.29, 1.82) is 5.26 Å². The maximum Gasteiger partial charge on any atom is 0.268 e. The number of allylic oxidation sites excluding steroid dienone is 1. The molecular formula is C22H24F3N3O2. The number of halogens is 3. The van der Waals surface area contributed by atoms with Crippen molar-refractivity contribution in [2.24, 2.45) is 5.92 Å². The van der Waals surface area contributed by atoms with E-state index in [9.17, 15) is 22.8 Å². The second-order valence-electron chi connectivity index (χ2n) is 7.98. The van der Waals surface area contributed by atoms with Crippen LogP contribution in [0.25, 0.3) is 6.08 Å². The summed E-state index contributed by atoms with van der Waals surface area (Å²) in [6.07, 6.45) is 7.61. The lowest BCUT2D eigenvalue weighted by Gasteiger charge is -2.21. The number of rotatable bonds is 6.